The molecule has 0 aliphatic carbocycles. The summed E-state index contributed by atoms with van der Waals surface area (Å²) in [6.07, 6.45) is 0.864. The maximum atomic E-state index is 5.99. The van der Waals surface area contributed by atoms with E-state index >= 15 is 0 Å². The van der Waals surface area contributed by atoms with Gasteiger partial charge in [-0.15, -0.1) is 19.0 Å². The molecule has 0 radical (unpaired) electrons. The smallest absolute Gasteiger partial charge is 0.0332 e. The number of halogens is 1. The number of aryl methyl sites for hydroxylation is 1. The molecule has 1 aromatic carbocycles. The van der Waals surface area contributed by atoms with E-state index in [2.05, 4.69) is 37.8 Å². The predicted molar refractivity (Wildman–Crippen MR) is 64.8 cm³/mol. The molecule has 0 amide bonds. The maximum Gasteiger partial charge on any atom is 0.0332 e. The quantitative estimate of drug-likeness (QED) is 0.763. The lowest BCUT2D eigenvalue weighted by atomic mass is 10.0. The maximum absolute atomic E-state index is 5.99. The summed E-state index contributed by atoms with van der Waals surface area (Å²) in [7, 11) is 0. The van der Waals surface area contributed by atoms with E-state index in [0.717, 1.165) is 12.0 Å². The fraction of sp³-hybridized carbons (Fsp3) is 0.333. The largest absolute Gasteiger partial charge is 0.324 e. The number of hydrogen-bond donors (Lipinski definition) is 1. The van der Waals surface area contributed by atoms with Gasteiger partial charge < -0.3 is 5.73 Å². The Bertz CT molecular complexity index is 290. The van der Waals surface area contributed by atoms with E-state index in [1.165, 1.54) is 11.1 Å². The summed E-state index contributed by atoms with van der Waals surface area (Å²) in [5.74, 6) is 0. The first-order valence-electron chi connectivity index (χ1n) is 4.56. The fourth-order valence-electron chi connectivity index (χ4n) is 1.31. The van der Waals surface area contributed by atoms with E-state index in [1.54, 1.807) is 0 Å². The number of hydrogen-bond acceptors (Lipinski definition) is 1. The second-order valence-corrected chi connectivity index (χ2v) is 3.68. The van der Waals surface area contributed by atoms with Crippen LogP contribution in [0.4, 0.5) is 0 Å². The Morgan fingerprint density at radius 2 is 1.86 bits per heavy atom. The van der Waals surface area contributed by atoms with Gasteiger partial charge >= 0.3 is 0 Å². The van der Waals surface area contributed by atoms with E-state index in [4.69, 9.17) is 5.73 Å². The van der Waals surface area contributed by atoms with Crippen LogP contribution in [-0.4, -0.2) is 0 Å². The van der Waals surface area contributed by atoms with Gasteiger partial charge in [0.2, 0.25) is 0 Å². The molecule has 0 spiro atoms. The summed E-state index contributed by atoms with van der Waals surface area (Å²) in [4.78, 5) is 0. The lowest BCUT2D eigenvalue weighted by Gasteiger charge is -2.11. The third-order valence-corrected chi connectivity index (χ3v) is 2.07. The van der Waals surface area contributed by atoms with Crippen molar-refractivity contribution >= 4 is 12.4 Å². The van der Waals surface area contributed by atoms with Crippen LogP contribution in [0.1, 0.15) is 30.5 Å². The van der Waals surface area contributed by atoms with Gasteiger partial charge in [0.25, 0.3) is 0 Å². The Kier molecular flexibility index (Phi) is 5.51. The van der Waals surface area contributed by atoms with Gasteiger partial charge in [-0.1, -0.05) is 35.4 Å². The highest BCUT2D eigenvalue weighted by molar-refractivity contribution is 5.85. The Balaban J connectivity index is 0.00000169. The molecule has 0 aliphatic heterocycles. The first kappa shape index (κ1) is 13.2. The number of benzene rings is 1. The molecular formula is C12H18ClN. The molecule has 78 valence electrons. The van der Waals surface area contributed by atoms with Crippen molar-refractivity contribution in [1.82, 2.24) is 0 Å². The van der Waals surface area contributed by atoms with E-state index in [0.29, 0.717) is 0 Å². The second-order valence-electron chi connectivity index (χ2n) is 3.68. The van der Waals surface area contributed by atoms with E-state index in [-0.39, 0.29) is 18.4 Å². The van der Waals surface area contributed by atoms with Gasteiger partial charge in [-0.3, -0.25) is 0 Å². The molecule has 2 N–H and O–H groups in total. The number of rotatable bonds is 3. The Morgan fingerprint density at radius 3 is 2.29 bits per heavy atom. The summed E-state index contributed by atoms with van der Waals surface area (Å²) in [6, 6.07) is 8.45. The third-order valence-electron chi connectivity index (χ3n) is 2.07. The fourth-order valence-corrected chi connectivity index (χ4v) is 1.31. The standard InChI is InChI=1S/C12H17N.ClH/c1-9(2)8-12(13)11-6-4-10(3)5-7-11;/h4-7,12H,1,8,13H2,2-3H3;1H/t12-;/m0./s1. The van der Waals surface area contributed by atoms with Crippen LogP contribution < -0.4 is 5.73 Å². The molecule has 1 nitrogen and oxygen atoms in total. The Labute approximate surface area is 92.4 Å². The molecule has 1 atom stereocenters. The molecule has 0 fully saturated rings. The molecule has 0 saturated carbocycles. The van der Waals surface area contributed by atoms with Crippen LogP contribution in [0.15, 0.2) is 36.4 Å². The van der Waals surface area contributed by atoms with Crippen molar-refractivity contribution in [1.29, 1.82) is 0 Å². The SMILES string of the molecule is C=C(C)C[C@H](N)c1ccc(C)cc1.Cl. The molecule has 0 heterocycles. The third kappa shape index (κ3) is 3.95. The lowest BCUT2D eigenvalue weighted by Crippen LogP contribution is -2.10. The van der Waals surface area contributed by atoms with Gasteiger partial charge in [0, 0.05) is 6.04 Å². The summed E-state index contributed by atoms with van der Waals surface area (Å²) in [5, 5.41) is 0. The lowest BCUT2D eigenvalue weighted by molar-refractivity contribution is 0.717. The molecule has 0 bridgehead atoms. The normalized spacial score (nSPS) is 11.6. The first-order valence-corrected chi connectivity index (χ1v) is 4.56. The van der Waals surface area contributed by atoms with Gasteiger partial charge in [-0.05, 0) is 25.8 Å². The highest BCUT2D eigenvalue weighted by Crippen LogP contribution is 2.17. The average molecular weight is 212 g/mol. The van der Waals surface area contributed by atoms with Gasteiger partial charge in [-0.2, -0.15) is 0 Å². The first-order chi connectivity index (χ1) is 6.09. The van der Waals surface area contributed by atoms with Crippen molar-refractivity contribution in [2.45, 2.75) is 26.3 Å². The zero-order valence-electron chi connectivity index (χ0n) is 8.79. The van der Waals surface area contributed by atoms with Crippen LogP contribution in [0.25, 0.3) is 0 Å². The molecule has 0 unspecified atom stereocenters. The molecule has 1 rings (SSSR count). The van der Waals surface area contributed by atoms with Crippen LogP contribution in [0.5, 0.6) is 0 Å². The van der Waals surface area contributed by atoms with Crippen LogP contribution >= 0.6 is 12.4 Å². The molecular weight excluding hydrogens is 194 g/mol. The second kappa shape index (κ2) is 5.84. The van der Waals surface area contributed by atoms with Crippen LogP contribution in [0.2, 0.25) is 0 Å². The minimum atomic E-state index is 0. The zero-order valence-corrected chi connectivity index (χ0v) is 9.60. The monoisotopic (exact) mass is 211 g/mol. The Morgan fingerprint density at radius 1 is 1.36 bits per heavy atom. The van der Waals surface area contributed by atoms with E-state index in [1.807, 2.05) is 6.92 Å². The Hall–Kier alpha value is -0.790. The molecule has 0 saturated heterocycles. The van der Waals surface area contributed by atoms with Gasteiger partial charge in [0.15, 0.2) is 0 Å². The molecule has 2 heteroatoms. The highest BCUT2D eigenvalue weighted by Gasteiger charge is 2.04. The van der Waals surface area contributed by atoms with Crippen LogP contribution in [0, 0.1) is 6.92 Å². The van der Waals surface area contributed by atoms with Crippen molar-refractivity contribution in [3.63, 3.8) is 0 Å². The number of nitrogens with two attached hydrogens (primary N) is 1. The topological polar surface area (TPSA) is 26.0 Å². The van der Waals surface area contributed by atoms with Crippen molar-refractivity contribution < 1.29 is 0 Å². The molecule has 0 aromatic heterocycles. The van der Waals surface area contributed by atoms with Crippen molar-refractivity contribution in [3.8, 4) is 0 Å². The molecule has 0 aliphatic rings. The minimum absolute atomic E-state index is 0. The van der Waals surface area contributed by atoms with E-state index in [9.17, 15) is 0 Å². The summed E-state index contributed by atoms with van der Waals surface area (Å²) in [5.41, 5.74) is 9.58. The van der Waals surface area contributed by atoms with Crippen LogP contribution in [0.3, 0.4) is 0 Å². The van der Waals surface area contributed by atoms with Gasteiger partial charge in [0.05, 0.1) is 0 Å². The van der Waals surface area contributed by atoms with Gasteiger partial charge in [-0.25, -0.2) is 0 Å². The van der Waals surface area contributed by atoms with Crippen molar-refractivity contribution in [2.24, 2.45) is 5.73 Å². The molecule has 14 heavy (non-hydrogen) atoms. The average Bonchev–Trinajstić information content (AvgIpc) is 2.04. The summed E-state index contributed by atoms with van der Waals surface area (Å²) >= 11 is 0. The van der Waals surface area contributed by atoms with E-state index < -0.39 is 0 Å². The zero-order chi connectivity index (χ0) is 9.84. The van der Waals surface area contributed by atoms with Crippen LogP contribution in [-0.2, 0) is 0 Å². The van der Waals surface area contributed by atoms with Crippen molar-refractivity contribution in [2.75, 3.05) is 0 Å². The van der Waals surface area contributed by atoms with Crippen molar-refractivity contribution in [3.05, 3.63) is 47.5 Å². The minimum Gasteiger partial charge on any atom is -0.324 e. The summed E-state index contributed by atoms with van der Waals surface area (Å²) < 4.78 is 0. The predicted octanol–water partition coefficient (Wildman–Crippen LogP) is 3.38. The summed E-state index contributed by atoms with van der Waals surface area (Å²) in [6.45, 7) is 7.94. The molecule has 1 aromatic rings. The highest BCUT2D eigenvalue weighted by atomic mass is 35.5. The van der Waals surface area contributed by atoms with Gasteiger partial charge in [0.1, 0.15) is 0 Å².